The summed E-state index contributed by atoms with van der Waals surface area (Å²) in [5.41, 5.74) is 2.18. The Morgan fingerprint density at radius 2 is 1.80 bits per heavy atom. The molecule has 1 amide bonds. The molecule has 0 atom stereocenters. The monoisotopic (exact) mass is 380 g/mol. The van der Waals surface area contributed by atoms with Gasteiger partial charge in [-0.2, -0.15) is 0 Å². The Labute approximate surface area is 156 Å². The molecule has 0 unspecified atom stereocenters. The van der Waals surface area contributed by atoms with Gasteiger partial charge >= 0.3 is 0 Å². The van der Waals surface area contributed by atoms with E-state index >= 15 is 0 Å². The Balaban J connectivity index is 1.73. The molecule has 6 nitrogen and oxygen atoms in total. The first-order valence-corrected chi connectivity index (χ1v) is 8.66. The normalized spacial score (nSPS) is 15.2. The van der Waals surface area contributed by atoms with Gasteiger partial charge in [0.25, 0.3) is 5.91 Å². The van der Waals surface area contributed by atoms with Crippen molar-refractivity contribution in [2.24, 2.45) is 0 Å². The van der Waals surface area contributed by atoms with E-state index in [-0.39, 0.29) is 5.91 Å². The second-order valence-corrected chi connectivity index (χ2v) is 6.65. The quantitative estimate of drug-likeness (QED) is 0.799. The van der Waals surface area contributed by atoms with Gasteiger partial charge in [-0.3, -0.25) is 9.63 Å². The highest BCUT2D eigenvalue weighted by atomic mass is 35.5. The molecule has 8 heteroatoms. The smallest absolute Gasteiger partial charge is 0.255 e. The van der Waals surface area contributed by atoms with Crippen LogP contribution in [0.25, 0.3) is 0 Å². The zero-order valence-corrected chi connectivity index (χ0v) is 15.5. The summed E-state index contributed by atoms with van der Waals surface area (Å²) in [5, 5.41) is 2.48. The minimum Gasteiger partial charge on any atom is -0.334 e. The molecule has 0 bridgehead atoms. The molecule has 2 heterocycles. The van der Waals surface area contributed by atoms with Crippen LogP contribution in [0.2, 0.25) is 10.0 Å². The molecule has 0 spiro atoms. The van der Waals surface area contributed by atoms with Gasteiger partial charge in [-0.05, 0) is 38.1 Å². The van der Waals surface area contributed by atoms with Gasteiger partial charge < -0.3 is 4.90 Å². The third-order valence-corrected chi connectivity index (χ3v) is 4.37. The topological polar surface area (TPSA) is 58.6 Å². The van der Waals surface area contributed by atoms with Crippen molar-refractivity contribution in [3.05, 3.63) is 51.3 Å². The summed E-state index contributed by atoms with van der Waals surface area (Å²) in [4.78, 5) is 29.0. The van der Waals surface area contributed by atoms with Crippen molar-refractivity contribution in [2.75, 3.05) is 31.3 Å². The van der Waals surface area contributed by atoms with E-state index in [0.717, 1.165) is 11.4 Å². The highest BCUT2D eigenvalue weighted by Crippen LogP contribution is 2.23. The number of hydrogen-bond acceptors (Lipinski definition) is 5. The summed E-state index contributed by atoms with van der Waals surface area (Å²) in [6.45, 7) is 5.59. The number of anilines is 1. The van der Waals surface area contributed by atoms with Gasteiger partial charge in [0.2, 0.25) is 5.95 Å². The van der Waals surface area contributed by atoms with Crippen LogP contribution in [0.15, 0.2) is 24.3 Å². The zero-order valence-electron chi connectivity index (χ0n) is 14.0. The van der Waals surface area contributed by atoms with Crippen molar-refractivity contribution in [1.82, 2.24) is 14.9 Å². The van der Waals surface area contributed by atoms with E-state index < -0.39 is 0 Å². The van der Waals surface area contributed by atoms with Gasteiger partial charge in [-0.15, -0.1) is 0 Å². The largest absolute Gasteiger partial charge is 0.334 e. The summed E-state index contributed by atoms with van der Waals surface area (Å²) >= 11 is 12.0. The van der Waals surface area contributed by atoms with Gasteiger partial charge in [0, 0.05) is 29.5 Å². The van der Waals surface area contributed by atoms with Gasteiger partial charge in [-0.25, -0.2) is 15.0 Å². The maximum absolute atomic E-state index is 12.7. The van der Waals surface area contributed by atoms with Crippen molar-refractivity contribution in [3.63, 3.8) is 0 Å². The molecule has 2 aromatic rings. The van der Waals surface area contributed by atoms with E-state index in [9.17, 15) is 4.79 Å². The van der Waals surface area contributed by atoms with Crippen molar-refractivity contribution in [2.45, 2.75) is 13.8 Å². The number of hydroxylamine groups is 1. The lowest BCUT2D eigenvalue weighted by molar-refractivity contribution is 0.0729. The number of amides is 1. The molecule has 1 aliphatic heterocycles. The van der Waals surface area contributed by atoms with Crippen molar-refractivity contribution in [1.29, 1.82) is 0 Å². The molecule has 1 fully saturated rings. The second kappa shape index (κ2) is 7.56. The number of halogens is 2. The van der Waals surface area contributed by atoms with Crippen molar-refractivity contribution >= 4 is 35.1 Å². The van der Waals surface area contributed by atoms with E-state index in [1.165, 1.54) is 0 Å². The molecular weight excluding hydrogens is 363 g/mol. The van der Waals surface area contributed by atoms with Crippen molar-refractivity contribution in [3.8, 4) is 0 Å². The van der Waals surface area contributed by atoms with Crippen LogP contribution >= 0.6 is 23.2 Å². The lowest BCUT2D eigenvalue weighted by Crippen LogP contribution is -2.35. The van der Waals surface area contributed by atoms with Gasteiger partial charge in [0.05, 0.1) is 23.7 Å². The SMILES string of the molecule is Cc1cc(C)nc(N2CCN(C(=O)c3ccc(Cl)cc3Cl)CCO2)n1. The van der Waals surface area contributed by atoms with Crippen LogP contribution in [0.3, 0.4) is 0 Å². The maximum atomic E-state index is 12.7. The highest BCUT2D eigenvalue weighted by Gasteiger charge is 2.24. The van der Waals surface area contributed by atoms with Gasteiger partial charge in [0.1, 0.15) is 0 Å². The fraction of sp³-hybridized carbons (Fsp3) is 0.353. The molecular formula is C17H18Cl2N4O2. The second-order valence-electron chi connectivity index (χ2n) is 5.80. The van der Waals surface area contributed by atoms with E-state index in [4.69, 9.17) is 28.0 Å². The number of benzene rings is 1. The van der Waals surface area contributed by atoms with E-state index in [0.29, 0.717) is 47.8 Å². The summed E-state index contributed by atoms with van der Waals surface area (Å²) < 4.78 is 0. The Hall–Kier alpha value is -1.89. The lowest BCUT2D eigenvalue weighted by Gasteiger charge is -2.21. The Morgan fingerprint density at radius 3 is 2.48 bits per heavy atom. The first-order chi connectivity index (χ1) is 11.9. The first kappa shape index (κ1) is 17.9. The van der Waals surface area contributed by atoms with Crippen LogP contribution in [-0.2, 0) is 4.84 Å². The molecule has 1 aromatic carbocycles. The third kappa shape index (κ3) is 4.21. The molecule has 0 aliphatic carbocycles. The average Bonchev–Trinajstić information content (AvgIpc) is 2.79. The van der Waals surface area contributed by atoms with Gasteiger partial charge in [-0.1, -0.05) is 23.2 Å². The maximum Gasteiger partial charge on any atom is 0.255 e. The van der Waals surface area contributed by atoms with Gasteiger partial charge in [0.15, 0.2) is 0 Å². The third-order valence-electron chi connectivity index (χ3n) is 3.82. The molecule has 1 saturated heterocycles. The molecule has 25 heavy (non-hydrogen) atoms. The van der Waals surface area contributed by atoms with E-state index in [1.807, 2.05) is 19.9 Å². The molecule has 132 valence electrons. The fourth-order valence-electron chi connectivity index (χ4n) is 2.66. The molecule has 0 N–H and O–H groups in total. The number of aromatic nitrogens is 2. The van der Waals surface area contributed by atoms with Crippen LogP contribution in [0.1, 0.15) is 21.7 Å². The number of hydrogen-bond donors (Lipinski definition) is 0. The van der Waals surface area contributed by atoms with E-state index in [2.05, 4.69) is 9.97 Å². The number of aryl methyl sites for hydroxylation is 2. The number of carbonyl (C=O) groups excluding carboxylic acids is 1. The fourth-order valence-corrected chi connectivity index (χ4v) is 3.15. The highest BCUT2D eigenvalue weighted by molar-refractivity contribution is 6.36. The Bertz CT molecular complexity index is 780. The predicted molar refractivity (Wildman–Crippen MR) is 97.2 cm³/mol. The summed E-state index contributed by atoms with van der Waals surface area (Å²) in [6.07, 6.45) is 0. The predicted octanol–water partition coefficient (Wildman–Crippen LogP) is 3.29. The summed E-state index contributed by atoms with van der Waals surface area (Å²) in [7, 11) is 0. The number of rotatable bonds is 2. The van der Waals surface area contributed by atoms with Crippen LogP contribution in [0, 0.1) is 13.8 Å². The average molecular weight is 381 g/mol. The minimum absolute atomic E-state index is 0.145. The van der Waals surface area contributed by atoms with Crippen LogP contribution < -0.4 is 5.06 Å². The molecule has 1 aliphatic rings. The summed E-state index contributed by atoms with van der Waals surface area (Å²) in [5.74, 6) is 0.366. The van der Waals surface area contributed by atoms with Crippen LogP contribution in [0.5, 0.6) is 0 Å². The minimum atomic E-state index is -0.145. The number of nitrogens with zero attached hydrogens (tertiary/aromatic N) is 4. The first-order valence-electron chi connectivity index (χ1n) is 7.91. The van der Waals surface area contributed by atoms with Crippen LogP contribution in [-0.4, -0.2) is 47.0 Å². The zero-order chi connectivity index (χ0) is 18.0. The van der Waals surface area contributed by atoms with Crippen molar-refractivity contribution < 1.29 is 9.63 Å². The Morgan fingerprint density at radius 1 is 1.08 bits per heavy atom. The van der Waals surface area contributed by atoms with Crippen LogP contribution in [0.4, 0.5) is 5.95 Å². The molecule has 1 aromatic heterocycles. The van der Waals surface area contributed by atoms with E-state index in [1.54, 1.807) is 28.2 Å². The molecule has 3 rings (SSSR count). The molecule has 0 radical (unpaired) electrons. The standard InChI is InChI=1S/C17H18Cl2N4O2/c1-11-9-12(2)21-17(20-11)23-6-5-22(7-8-25-23)16(24)14-4-3-13(18)10-15(14)19/h3-4,9-10H,5-8H2,1-2H3. The Kier molecular flexibility index (Phi) is 5.42. The lowest BCUT2D eigenvalue weighted by atomic mass is 10.2. The molecule has 0 saturated carbocycles. The summed E-state index contributed by atoms with van der Waals surface area (Å²) in [6, 6.07) is 6.77. The number of carbonyl (C=O) groups is 1.